The number of nitrogens with zero attached hydrogens (tertiary/aromatic N) is 1. The van der Waals surface area contributed by atoms with Crippen molar-refractivity contribution in [1.82, 2.24) is 0 Å². The highest BCUT2D eigenvalue weighted by molar-refractivity contribution is 6.01. The molecule has 1 N–H and O–H groups in total. The Morgan fingerprint density at radius 3 is 2.74 bits per heavy atom. The number of nitrogens with one attached hydrogen (secondary N) is 1. The Morgan fingerprint density at radius 2 is 2.11 bits per heavy atom. The Hall–Kier alpha value is -2.04. The van der Waals surface area contributed by atoms with Crippen LogP contribution in [0, 0.1) is 5.41 Å². The fourth-order valence-corrected chi connectivity index (χ4v) is 2.26. The smallest absolute Gasteiger partial charge is 0.337 e. The summed E-state index contributed by atoms with van der Waals surface area (Å²) >= 11 is 0. The van der Waals surface area contributed by atoms with Crippen LogP contribution in [-0.2, 0) is 9.53 Å². The number of methoxy groups -OCH3 is 1. The standard InChI is InChI=1S/C14H18N2O3/c1-14(2)8-16(3)11-6-5-9(12(17)19-4)7-10(11)15-13(14)18/h5-7H,8H2,1-4H3,(H,15,18). The number of benzene rings is 1. The number of hydrogen-bond acceptors (Lipinski definition) is 4. The van der Waals surface area contributed by atoms with Crippen LogP contribution in [0.2, 0.25) is 0 Å². The minimum absolute atomic E-state index is 0.0554. The summed E-state index contributed by atoms with van der Waals surface area (Å²) in [5, 5.41) is 2.87. The fourth-order valence-electron chi connectivity index (χ4n) is 2.26. The average molecular weight is 262 g/mol. The van der Waals surface area contributed by atoms with E-state index in [-0.39, 0.29) is 5.91 Å². The van der Waals surface area contributed by atoms with Crippen LogP contribution < -0.4 is 10.2 Å². The Bertz CT molecular complexity index is 537. The van der Waals surface area contributed by atoms with Crippen LogP contribution in [0.5, 0.6) is 0 Å². The van der Waals surface area contributed by atoms with Gasteiger partial charge in [0.15, 0.2) is 0 Å². The lowest BCUT2D eigenvalue weighted by Gasteiger charge is -2.26. The SMILES string of the molecule is COC(=O)c1ccc2c(c1)NC(=O)C(C)(C)CN2C. The molecule has 102 valence electrons. The molecule has 19 heavy (non-hydrogen) atoms. The van der Waals surface area contributed by atoms with E-state index in [0.29, 0.717) is 17.8 Å². The zero-order valence-electron chi connectivity index (χ0n) is 11.6. The number of rotatable bonds is 1. The van der Waals surface area contributed by atoms with Crippen LogP contribution in [0.15, 0.2) is 18.2 Å². The van der Waals surface area contributed by atoms with E-state index in [1.165, 1.54) is 7.11 Å². The van der Waals surface area contributed by atoms with Crippen LogP contribution in [-0.4, -0.2) is 32.6 Å². The maximum absolute atomic E-state index is 12.1. The van der Waals surface area contributed by atoms with Crippen LogP contribution in [0.4, 0.5) is 11.4 Å². The van der Waals surface area contributed by atoms with E-state index in [1.807, 2.05) is 31.9 Å². The van der Waals surface area contributed by atoms with Crippen LogP contribution in [0.25, 0.3) is 0 Å². The maximum atomic E-state index is 12.1. The lowest BCUT2D eigenvalue weighted by molar-refractivity contribution is -0.123. The van der Waals surface area contributed by atoms with Crippen LogP contribution in [0.1, 0.15) is 24.2 Å². The monoisotopic (exact) mass is 262 g/mol. The fraction of sp³-hybridized carbons (Fsp3) is 0.429. The maximum Gasteiger partial charge on any atom is 0.337 e. The Kier molecular flexibility index (Phi) is 3.22. The molecule has 0 aromatic heterocycles. The molecule has 2 rings (SSSR count). The molecule has 0 spiro atoms. The van der Waals surface area contributed by atoms with E-state index in [2.05, 4.69) is 10.1 Å². The number of fused-ring (bicyclic) bond motifs is 1. The van der Waals surface area contributed by atoms with Crippen molar-refractivity contribution in [2.24, 2.45) is 5.41 Å². The largest absolute Gasteiger partial charge is 0.465 e. The first kappa shape index (κ1) is 13.4. The second kappa shape index (κ2) is 4.57. The number of anilines is 2. The second-order valence-corrected chi connectivity index (χ2v) is 5.42. The normalized spacial score (nSPS) is 17.3. The molecule has 1 amide bonds. The molecular formula is C14H18N2O3. The predicted molar refractivity (Wildman–Crippen MR) is 73.5 cm³/mol. The highest BCUT2D eigenvalue weighted by Gasteiger charge is 2.33. The lowest BCUT2D eigenvalue weighted by atomic mass is 9.92. The van der Waals surface area contributed by atoms with Gasteiger partial charge in [0.05, 0.1) is 29.5 Å². The molecule has 1 aromatic rings. The van der Waals surface area contributed by atoms with Crippen molar-refractivity contribution in [2.45, 2.75) is 13.8 Å². The predicted octanol–water partition coefficient (Wildman–Crippen LogP) is 1.89. The average Bonchev–Trinajstić information content (AvgIpc) is 2.44. The van der Waals surface area contributed by atoms with Crippen molar-refractivity contribution in [3.63, 3.8) is 0 Å². The van der Waals surface area contributed by atoms with Gasteiger partial charge < -0.3 is 15.0 Å². The molecule has 0 fully saturated rings. The van der Waals surface area contributed by atoms with Gasteiger partial charge in [0.25, 0.3) is 0 Å². The first-order valence-corrected chi connectivity index (χ1v) is 6.10. The van der Waals surface area contributed by atoms with Gasteiger partial charge in [-0.15, -0.1) is 0 Å². The van der Waals surface area contributed by atoms with E-state index in [4.69, 9.17) is 0 Å². The molecule has 0 aliphatic carbocycles. The first-order chi connectivity index (χ1) is 8.85. The molecule has 1 aromatic carbocycles. The summed E-state index contributed by atoms with van der Waals surface area (Å²) in [7, 11) is 3.26. The summed E-state index contributed by atoms with van der Waals surface area (Å²) in [6.45, 7) is 4.40. The van der Waals surface area contributed by atoms with Crippen molar-refractivity contribution in [1.29, 1.82) is 0 Å². The molecule has 1 aliphatic rings. The Labute approximate surface area is 112 Å². The number of ether oxygens (including phenoxy) is 1. The van der Waals surface area contributed by atoms with Crippen molar-refractivity contribution in [2.75, 3.05) is 30.9 Å². The molecular weight excluding hydrogens is 244 g/mol. The minimum atomic E-state index is -0.487. The Morgan fingerprint density at radius 1 is 1.42 bits per heavy atom. The van der Waals surface area contributed by atoms with E-state index >= 15 is 0 Å². The quantitative estimate of drug-likeness (QED) is 0.785. The highest BCUT2D eigenvalue weighted by atomic mass is 16.5. The Balaban J connectivity index is 2.46. The van der Waals surface area contributed by atoms with Gasteiger partial charge in [0.1, 0.15) is 0 Å². The van der Waals surface area contributed by atoms with Gasteiger partial charge in [0, 0.05) is 13.6 Å². The zero-order valence-corrected chi connectivity index (χ0v) is 11.6. The van der Waals surface area contributed by atoms with E-state index < -0.39 is 11.4 Å². The van der Waals surface area contributed by atoms with Crippen molar-refractivity contribution >= 4 is 23.3 Å². The highest BCUT2D eigenvalue weighted by Crippen LogP contribution is 2.34. The molecule has 0 saturated heterocycles. The van der Waals surface area contributed by atoms with Gasteiger partial charge in [-0.25, -0.2) is 4.79 Å². The van der Waals surface area contributed by atoms with E-state index in [0.717, 1.165) is 5.69 Å². The molecule has 0 radical (unpaired) electrons. The summed E-state index contributed by atoms with van der Waals surface area (Å²) in [6.07, 6.45) is 0. The third-order valence-electron chi connectivity index (χ3n) is 3.32. The van der Waals surface area contributed by atoms with Gasteiger partial charge in [0.2, 0.25) is 5.91 Å². The molecule has 5 nitrogen and oxygen atoms in total. The number of amides is 1. The van der Waals surface area contributed by atoms with Crippen LogP contribution >= 0.6 is 0 Å². The lowest BCUT2D eigenvalue weighted by Crippen LogP contribution is -2.37. The molecule has 5 heteroatoms. The molecule has 1 aliphatic heterocycles. The molecule has 0 bridgehead atoms. The molecule has 0 atom stereocenters. The number of esters is 1. The van der Waals surface area contributed by atoms with E-state index in [9.17, 15) is 9.59 Å². The number of carbonyl (C=O) groups excluding carboxylic acids is 2. The molecule has 0 unspecified atom stereocenters. The second-order valence-electron chi connectivity index (χ2n) is 5.42. The van der Waals surface area contributed by atoms with Crippen molar-refractivity contribution in [3.05, 3.63) is 23.8 Å². The van der Waals surface area contributed by atoms with Gasteiger partial charge in [-0.05, 0) is 32.0 Å². The zero-order chi connectivity index (χ0) is 14.2. The van der Waals surface area contributed by atoms with Gasteiger partial charge >= 0.3 is 5.97 Å². The van der Waals surface area contributed by atoms with Gasteiger partial charge in [-0.1, -0.05) is 0 Å². The molecule has 0 saturated carbocycles. The molecule has 1 heterocycles. The van der Waals surface area contributed by atoms with Crippen molar-refractivity contribution < 1.29 is 14.3 Å². The third kappa shape index (κ3) is 2.41. The summed E-state index contributed by atoms with van der Waals surface area (Å²) in [6, 6.07) is 5.17. The topological polar surface area (TPSA) is 58.6 Å². The first-order valence-electron chi connectivity index (χ1n) is 6.10. The minimum Gasteiger partial charge on any atom is -0.465 e. The van der Waals surface area contributed by atoms with Crippen LogP contribution in [0.3, 0.4) is 0 Å². The summed E-state index contributed by atoms with van der Waals surface area (Å²) in [5.74, 6) is -0.469. The van der Waals surface area contributed by atoms with Gasteiger partial charge in [-0.3, -0.25) is 4.79 Å². The summed E-state index contributed by atoms with van der Waals surface area (Å²) in [4.78, 5) is 25.7. The van der Waals surface area contributed by atoms with Crippen molar-refractivity contribution in [3.8, 4) is 0 Å². The van der Waals surface area contributed by atoms with E-state index in [1.54, 1.807) is 12.1 Å². The summed E-state index contributed by atoms with van der Waals surface area (Å²) in [5.41, 5.74) is 1.47. The number of carbonyl (C=O) groups is 2. The number of hydrogen-bond donors (Lipinski definition) is 1. The third-order valence-corrected chi connectivity index (χ3v) is 3.32. The summed E-state index contributed by atoms with van der Waals surface area (Å²) < 4.78 is 4.69. The van der Waals surface area contributed by atoms with Gasteiger partial charge in [-0.2, -0.15) is 0 Å².